The Balaban J connectivity index is 1.80. The van der Waals surface area contributed by atoms with E-state index in [2.05, 4.69) is 0 Å². The average molecular weight is 374 g/mol. The van der Waals surface area contributed by atoms with Crippen molar-refractivity contribution in [1.29, 1.82) is 0 Å². The summed E-state index contributed by atoms with van der Waals surface area (Å²) in [5.74, 6) is 1.00. The van der Waals surface area contributed by atoms with Gasteiger partial charge in [-0.15, -0.1) is 0 Å². The number of carbonyl (C=O) groups is 1. The first-order chi connectivity index (χ1) is 13.7. The predicted octanol–water partition coefficient (Wildman–Crippen LogP) is 5.23. The normalized spacial score (nSPS) is 10.6. The van der Waals surface area contributed by atoms with Crippen molar-refractivity contribution >= 4 is 18.1 Å². The molecule has 28 heavy (non-hydrogen) atoms. The minimum atomic E-state index is -0.395. The topological polar surface area (TPSA) is 44.8 Å². The fraction of sp³-hybridized carbons (Fsp3) is 0.125. The zero-order valence-corrected chi connectivity index (χ0v) is 15.9. The summed E-state index contributed by atoms with van der Waals surface area (Å²) < 4.78 is 16.2. The van der Waals surface area contributed by atoms with Crippen LogP contribution in [0.25, 0.3) is 12.2 Å². The lowest BCUT2D eigenvalue weighted by molar-refractivity contribution is 0.0600. The number of benzene rings is 3. The largest absolute Gasteiger partial charge is 0.496 e. The molecule has 0 saturated carbocycles. The van der Waals surface area contributed by atoms with Crippen molar-refractivity contribution < 1.29 is 19.0 Å². The maximum absolute atomic E-state index is 11.7. The third kappa shape index (κ3) is 4.80. The van der Waals surface area contributed by atoms with Crippen LogP contribution in [0.2, 0.25) is 0 Å². The van der Waals surface area contributed by atoms with Gasteiger partial charge in [0.1, 0.15) is 18.1 Å². The molecule has 0 saturated heterocycles. The molecule has 0 aromatic heterocycles. The molecule has 0 aliphatic heterocycles. The van der Waals surface area contributed by atoms with Crippen LogP contribution in [0, 0.1) is 0 Å². The molecule has 3 aromatic carbocycles. The number of hydrogen-bond donors (Lipinski definition) is 0. The van der Waals surface area contributed by atoms with Crippen molar-refractivity contribution in [3.8, 4) is 11.5 Å². The number of esters is 1. The second-order valence-corrected chi connectivity index (χ2v) is 6.09. The van der Waals surface area contributed by atoms with Crippen LogP contribution < -0.4 is 9.47 Å². The highest BCUT2D eigenvalue weighted by Crippen LogP contribution is 2.26. The van der Waals surface area contributed by atoms with Gasteiger partial charge in [0, 0.05) is 11.1 Å². The summed E-state index contributed by atoms with van der Waals surface area (Å²) >= 11 is 0. The fourth-order valence-corrected chi connectivity index (χ4v) is 2.76. The highest BCUT2D eigenvalue weighted by atomic mass is 16.5. The third-order valence-corrected chi connectivity index (χ3v) is 4.25. The number of hydrogen-bond acceptors (Lipinski definition) is 4. The third-order valence-electron chi connectivity index (χ3n) is 4.25. The number of rotatable bonds is 7. The first-order valence-corrected chi connectivity index (χ1v) is 8.91. The number of methoxy groups -OCH3 is 2. The van der Waals surface area contributed by atoms with E-state index in [0.717, 1.165) is 22.4 Å². The van der Waals surface area contributed by atoms with Gasteiger partial charge in [-0.05, 0) is 23.8 Å². The van der Waals surface area contributed by atoms with Crippen LogP contribution in [0.5, 0.6) is 11.5 Å². The molecule has 0 spiro atoms. The highest BCUT2D eigenvalue weighted by molar-refractivity contribution is 5.90. The van der Waals surface area contributed by atoms with Crippen LogP contribution in [-0.2, 0) is 11.3 Å². The molecule has 142 valence electrons. The lowest BCUT2D eigenvalue weighted by Gasteiger charge is -2.10. The quantitative estimate of drug-likeness (QED) is 0.419. The van der Waals surface area contributed by atoms with Crippen LogP contribution in [0.1, 0.15) is 27.0 Å². The molecule has 3 rings (SSSR count). The molecule has 3 aromatic rings. The second-order valence-electron chi connectivity index (χ2n) is 6.09. The van der Waals surface area contributed by atoms with E-state index in [0.29, 0.717) is 17.9 Å². The van der Waals surface area contributed by atoms with E-state index in [1.165, 1.54) is 7.11 Å². The maximum atomic E-state index is 11.7. The summed E-state index contributed by atoms with van der Waals surface area (Å²) in [5.41, 5.74) is 3.37. The SMILES string of the molecule is COC(=O)c1ccc(/C=C/c2ccccc2OCc2ccccc2)c(OC)c1. The molecule has 0 N–H and O–H groups in total. The maximum Gasteiger partial charge on any atom is 0.337 e. The molecule has 4 heteroatoms. The first kappa shape index (κ1) is 19.2. The van der Waals surface area contributed by atoms with Crippen LogP contribution in [0.3, 0.4) is 0 Å². The van der Waals surface area contributed by atoms with Gasteiger partial charge in [0.15, 0.2) is 0 Å². The smallest absolute Gasteiger partial charge is 0.337 e. The lowest BCUT2D eigenvalue weighted by Crippen LogP contribution is -2.01. The van der Waals surface area contributed by atoms with Crippen LogP contribution in [0.15, 0.2) is 72.8 Å². The molecule has 0 radical (unpaired) electrons. The van der Waals surface area contributed by atoms with Gasteiger partial charge < -0.3 is 14.2 Å². The van der Waals surface area contributed by atoms with Crippen LogP contribution in [0.4, 0.5) is 0 Å². The Morgan fingerprint density at radius 2 is 1.50 bits per heavy atom. The van der Waals surface area contributed by atoms with Crippen LogP contribution in [-0.4, -0.2) is 20.2 Å². The summed E-state index contributed by atoms with van der Waals surface area (Å²) in [4.78, 5) is 11.7. The summed E-state index contributed by atoms with van der Waals surface area (Å²) in [5, 5.41) is 0. The zero-order chi connectivity index (χ0) is 19.8. The van der Waals surface area contributed by atoms with E-state index in [9.17, 15) is 4.79 Å². The molecule has 0 unspecified atom stereocenters. The van der Waals surface area contributed by atoms with E-state index in [1.807, 2.05) is 72.8 Å². The molecule has 0 amide bonds. The lowest BCUT2D eigenvalue weighted by atomic mass is 10.1. The Kier molecular flexibility index (Phi) is 6.47. The van der Waals surface area contributed by atoms with Gasteiger partial charge in [-0.3, -0.25) is 0 Å². The molecule has 0 bridgehead atoms. The standard InChI is InChI=1S/C24H22O4/c1-26-23-16-21(24(25)27-2)15-14-20(23)13-12-19-10-6-7-11-22(19)28-17-18-8-4-3-5-9-18/h3-16H,17H2,1-2H3/b13-12+. The van der Waals surface area contributed by atoms with Gasteiger partial charge in [0.05, 0.1) is 19.8 Å². The Morgan fingerprint density at radius 1 is 0.821 bits per heavy atom. The number of para-hydroxylation sites is 1. The summed E-state index contributed by atoms with van der Waals surface area (Å²) in [7, 11) is 2.93. The van der Waals surface area contributed by atoms with E-state index in [1.54, 1.807) is 19.2 Å². The Bertz CT molecular complexity index is 961. The van der Waals surface area contributed by atoms with Gasteiger partial charge in [-0.2, -0.15) is 0 Å². The predicted molar refractivity (Wildman–Crippen MR) is 110 cm³/mol. The van der Waals surface area contributed by atoms with E-state index in [4.69, 9.17) is 14.2 Å². The van der Waals surface area contributed by atoms with Gasteiger partial charge >= 0.3 is 5.97 Å². The van der Waals surface area contributed by atoms with Crippen molar-refractivity contribution in [3.63, 3.8) is 0 Å². The van der Waals surface area contributed by atoms with Crippen molar-refractivity contribution in [2.45, 2.75) is 6.61 Å². The van der Waals surface area contributed by atoms with Gasteiger partial charge in [-0.1, -0.05) is 66.7 Å². The van der Waals surface area contributed by atoms with Gasteiger partial charge in [0.2, 0.25) is 0 Å². The van der Waals surface area contributed by atoms with E-state index in [-0.39, 0.29) is 0 Å². The molecular formula is C24H22O4. The monoisotopic (exact) mass is 374 g/mol. The zero-order valence-electron chi connectivity index (χ0n) is 15.9. The number of ether oxygens (including phenoxy) is 3. The van der Waals surface area contributed by atoms with Crippen molar-refractivity contribution in [3.05, 3.63) is 95.1 Å². The number of carbonyl (C=O) groups excluding carboxylic acids is 1. The second kappa shape index (κ2) is 9.42. The first-order valence-electron chi connectivity index (χ1n) is 8.91. The molecule has 0 aliphatic rings. The summed E-state index contributed by atoms with van der Waals surface area (Å²) in [6.07, 6.45) is 3.90. The van der Waals surface area contributed by atoms with Crippen molar-refractivity contribution in [2.75, 3.05) is 14.2 Å². The van der Waals surface area contributed by atoms with E-state index >= 15 is 0 Å². The Hall–Kier alpha value is -3.53. The average Bonchev–Trinajstić information content (AvgIpc) is 2.76. The minimum Gasteiger partial charge on any atom is -0.496 e. The van der Waals surface area contributed by atoms with Gasteiger partial charge in [-0.25, -0.2) is 4.79 Å². The molecular weight excluding hydrogens is 352 g/mol. The highest BCUT2D eigenvalue weighted by Gasteiger charge is 2.09. The van der Waals surface area contributed by atoms with Gasteiger partial charge in [0.25, 0.3) is 0 Å². The molecule has 0 atom stereocenters. The van der Waals surface area contributed by atoms with Crippen molar-refractivity contribution in [2.24, 2.45) is 0 Å². The van der Waals surface area contributed by atoms with Crippen molar-refractivity contribution in [1.82, 2.24) is 0 Å². The van der Waals surface area contributed by atoms with E-state index < -0.39 is 5.97 Å². The molecule has 4 nitrogen and oxygen atoms in total. The molecule has 0 fully saturated rings. The molecule has 0 aliphatic carbocycles. The summed E-state index contributed by atoms with van der Waals surface area (Å²) in [6, 6.07) is 23.1. The fourth-order valence-electron chi connectivity index (χ4n) is 2.76. The summed E-state index contributed by atoms with van der Waals surface area (Å²) in [6.45, 7) is 0.503. The molecule has 0 heterocycles. The Morgan fingerprint density at radius 3 is 2.21 bits per heavy atom. The minimum absolute atomic E-state index is 0.395. The Labute approximate surface area is 165 Å². The van der Waals surface area contributed by atoms with Crippen LogP contribution >= 0.6 is 0 Å².